The van der Waals surface area contributed by atoms with Gasteiger partial charge in [-0.1, -0.05) is 30.3 Å². The van der Waals surface area contributed by atoms with Crippen LogP contribution in [0.1, 0.15) is 0 Å². The van der Waals surface area contributed by atoms with Gasteiger partial charge in [0.15, 0.2) is 11.5 Å². The van der Waals surface area contributed by atoms with Crippen LogP contribution in [0.4, 0.5) is 15.8 Å². The smallest absolute Gasteiger partial charge is 0.264 e. The number of carbonyl (C=O) groups excluding carboxylic acids is 1. The quantitative estimate of drug-likeness (QED) is 0.651. The fourth-order valence-corrected chi connectivity index (χ4v) is 4.43. The van der Waals surface area contributed by atoms with Gasteiger partial charge in [-0.3, -0.25) is 9.10 Å². The fraction of sp³-hybridized carbons (Fsp3) is 0.0952. The number of fused-ring (bicyclic) bond motifs is 1. The lowest BCUT2D eigenvalue weighted by atomic mass is 10.2. The number of rotatable bonds is 6. The number of benzene rings is 3. The first-order valence-corrected chi connectivity index (χ1v) is 10.4. The van der Waals surface area contributed by atoms with E-state index in [9.17, 15) is 17.6 Å². The molecule has 0 aliphatic carbocycles. The molecule has 0 radical (unpaired) electrons. The highest BCUT2D eigenvalue weighted by Crippen LogP contribution is 2.34. The summed E-state index contributed by atoms with van der Waals surface area (Å²) in [5, 5.41) is 2.61. The molecule has 1 N–H and O–H groups in total. The van der Waals surface area contributed by atoms with Gasteiger partial charge < -0.3 is 14.8 Å². The topological polar surface area (TPSA) is 84.9 Å². The normalized spacial score (nSPS) is 12.4. The van der Waals surface area contributed by atoms with E-state index in [4.69, 9.17) is 9.47 Å². The molecule has 0 spiro atoms. The van der Waals surface area contributed by atoms with Crippen LogP contribution in [0.25, 0.3) is 0 Å². The van der Waals surface area contributed by atoms with Gasteiger partial charge in [0.25, 0.3) is 10.0 Å². The Hall–Kier alpha value is -3.59. The Morgan fingerprint density at radius 1 is 0.967 bits per heavy atom. The van der Waals surface area contributed by atoms with E-state index in [1.54, 1.807) is 36.4 Å². The van der Waals surface area contributed by atoms with Crippen molar-refractivity contribution in [2.75, 3.05) is 23.0 Å². The summed E-state index contributed by atoms with van der Waals surface area (Å²) in [6, 6.07) is 17.7. The molecule has 9 heteroatoms. The van der Waals surface area contributed by atoms with Gasteiger partial charge in [-0.2, -0.15) is 0 Å². The third-order valence-electron chi connectivity index (χ3n) is 4.40. The second-order valence-electron chi connectivity index (χ2n) is 6.39. The third-order valence-corrected chi connectivity index (χ3v) is 6.17. The molecular formula is C21H17FN2O5S. The summed E-state index contributed by atoms with van der Waals surface area (Å²) in [5.74, 6) is -0.382. The first kappa shape index (κ1) is 19.7. The number of nitrogens with one attached hydrogen (secondary N) is 1. The lowest BCUT2D eigenvalue weighted by Gasteiger charge is -2.24. The van der Waals surface area contributed by atoms with Gasteiger partial charge in [0.05, 0.1) is 10.6 Å². The summed E-state index contributed by atoms with van der Waals surface area (Å²) in [4.78, 5) is 12.6. The molecule has 0 saturated heterocycles. The number of para-hydroxylation sites is 1. The van der Waals surface area contributed by atoms with Crippen LogP contribution in [0.5, 0.6) is 11.5 Å². The van der Waals surface area contributed by atoms with Crippen molar-refractivity contribution in [3.63, 3.8) is 0 Å². The van der Waals surface area contributed by atoms with Crippen molar-refractivity contribution in [2.45, 2.75) is 4.90 Å². The van der Waals surface area contributed by atoms with Crippen molar-refractivity contribution in [2.24, 2.45) is 0 Å². The maximum Gasteiger partial charge on any atom is 0.264 e. The lowest BCUT2D eigenvalue weighted by Crippen LogP contribution is -2.38. The van der Waals surface area contributed by atoms with Crippen molar-refractivity contribution < 1.29 is 27.1 Å². The standard InChI is InChI=1S/C21H17FN2O5S/c22-17-8-4-5-9-18(17)24(30(26,27)16-6-2-1-3-7-16)13-21(25)23-15-10-11-19-20(12-15)29-14-28-19/h1-12H,13-14H2,(H,23,25). The number of hydrogen-bond acceptors (Lipinski definition) is 5. The molecule has 0 unspecified atom stereocenters. The van der Waals surface area contributed by atoms with E-state index >= 15 is 0 Å². The van der Waals surface area contributed by atoms with Crippen LogP contribution in [0.15, 0.2) is 77.7 Å². The van der Waals surface area contributed by atoms with Crippen molar-refractivity contribution >= 4 is 27.3 Å². The Morgan fingerprint density at radius 3 is 2.43 bits per heavy atom. The number of hydrogen-bond donors (Lipinski definition) is 1. The zero-order valence-electron chi connectivity index (χ0n) is 15.6. The van der Waals surface area contributed by atoms with Gasteiger partial charge in [0.2, 0.25) is 12.7 Å². The van der Waals surface area contributed by atoms with Crippen LogP contribution in [0.2, 0.25) is 0 Å². The lowest BCUT2D eigenvalue weighted by molar-refractivity contribution is -0.114. The van der Waals surface area contributed by atoms with E-state index in [0.29, 0.717) is 17.2 Å². The van der Waals surface area contributed by atoms with Crippen LogP contribution in [0.3, 0.4) is 0 Å². The fourth-order valence-electron chi connectivity index (χ4n) is 2.98. The van der Waals surface area contributed by atoms with Crippen LogP contribution in [0, 0.1) is 5.82 Å². The van der Waals surface area contributed by atoms with Crippen LogP contribution in [-0.2, 0) is 14.8 Å². The molecule has 0 atom stereocenters. The highest BCUT2D eigenvalue weighted by molar-refractivity contribution is 7.92. The summed E-state index contributed by atoms with van der Waals surface area (Å²) in [6.45, 7) is -0.532. The van der Waals surface area contributed by atoms with Gasteiger partial charge in [0.1, 0.15) is 12.4 Å². The Kier molecular flexibility index (Phi) is 5.28. The van der Waals surface area contributed by atoms with Crippen molar-refractivity contribution in [1.82, 2.24) is 0 Å². The van der Waals surface area contributed by atoms with E-state index in [2.05, 4.69) is 5.32 Å². The molecule has 3 aromatic rings. The third kappa shape index (κ3) is 3.92. The van der Waals surface area contributed by atoms with Crippen molar-refractivity contribution in [3.8, 4) is 11.5 Å². The molecule has 1 heterocycles. The maximum atomic E-state index is 14.4. The molecule has 0 aromatic heterocycles. The number of anilines is 2. The number of ether oxygens (including phenoxy) is 2. The SMILES string of the molecule is O=C(CN(c1ccccc1F)S(=O)(=O)c1ccccc1)Nc1ccc2c(c1)OCO2. The first-order valence-electron chi connectivity index (χ1n) is 8.97. The summed E-state index contributed by atoms with van der Waals surface area (Å²) in [7, 11) is -4.19. The molecule has 7 nitrogen and oxygen atoms in total. The van der Waals surface area contributed by atoms with E-state index in [1.165, 1.54) is 30.3 Å². The molecule has 1 aliphatic rings. The molecule has 0 saturated carbocycles. The predicted octanol–water partition coefficient (Wildman–Crippen LogP) is 3.39. The van der Waals surface area contributed by atoms with Gasteiger partial charge >= 0.3 is 0 Å². The summed E-state index contributed by atoms with van der Waals surface area (Å²) in [6.07, 6.45) is 0. The number of carbonyl (C=O) groups is 1. The summed E-state index contributed by atoms with van der Waals surface area (Å²) < 4.78 is 52.0. The number of sulfonamides is 1. The Labute approximate surface area is 172 Å². The Morgan fingerprint density at radius 2 is 1.67 bits per heavy atom. The maximum absolute atomic E-state index is 14.4. The van der Waals surface area contributed by atoms with E-state index in [1.807, 2.05) is 0 Å². The predicted molar refractivity (Wildman–Crippen MR) is 109 cm³/mol. The molecule has 4 rings (SSSR count). The van der Waals surface area contributed by atoms with Crippen LogP contribution in [-0.4, -0.2) is 27.7 Å². The summed E-state index contributed by atoms with van der Waals surface area (Å²) >= 11 is 0. The minimum Gasteiger partial charge on any atom is -0.454 e. The first-order chi connectivity index (χ1) is 14.4. The summed E-state index contributed by atoms with van der Waals surface area (Å²) in [5.41, 5.74) is 0.178. The Balaban J connectivity index is 1.63. The van der Waals surface area contributed by atoms with Gasteiger partial charge in [-0.25, -0.2) is 12.8 Å². The van der Waals surface area contributed by atoms with Crippen LogP contribution < -0.4 is 19.1 Å². The van der Waals surface area contributed by atoms with Crippen molar-refractivity contribution in [1.29, 1.82) is 0 Å². The molecular weight excluding hydrogens is 411 g/mol. The zero-order chi connectivity index (χ0) is 21.1. The number of amides is 1. The second kappa shape index (κ2) is 8.03. The number of nitrogens with zero attached hydrogens (tertiary/aromatic N) is 1. The molecule has 1 aliphatic heterocycles. The minimum atomic E-state index is -4.19. The highest BCUT2D eigenvalue weighted by atomic mass is 32.2. The largest absolute Gasteiger partial charge is 0.454 e. The van der Waals surface area contributed by atoms with E-state index in [-0.39, 0.29) is 17.4 Å². The van der Waals surface area contributed by atoms with Crippen molar-refractivity contribution in [3.05, 3.63) is 78.6 Å². The molecule has 30 heavy (non-hydrogen) atoms. The van der Waals surface area contributed by atoms with E-state index < -0.39 is 28.3 Å². The molecule has 1 amide bonds. The van der Waals surface area contributed by atoms with Crippen LogP contribution >= 0.6 is 0 Å². The Bertz CT molecular complexity index is 1190. The molecule has 0 fully saturated rings. The molecule has 0 bridgehead atoms. The second-order valence-corrected chi connectivity index (χ2v) is 8.25. The van der Waals surface area contributed by atoms with Gasteiger partial charge in [-0.15, -0.1) is 0 Å². The zero-order valence-corrected chi connectivity index (χ0v) is 16.4. The molecule has 3 aromatic carbocycles. The van der Waals surface area contributed by atoms with Gasteiger partial charge in [-0.05, 0) is 36.4 Å². The molecule has 154 valence electrons. The van der Waals surface area contributed by atoms with Gasteiger partial charge in [0, 0.05) is 11.8 Å². The monoisotopic (exact) mass is 428 g/mol. The average molecular weight is 428 g/mol. The average Bonchev–Trinajstić information content (AvgIpc) is 3.21. The number of halogens is 1. The highest BCUT2D eigenvalue weighted by Gasteiger charge is 2.29. The minimum absolute atomic E-state index is 0.0517. The van der Waals surface area contributed by atoms with E-state index in [0.717, 1.165) is 10.4 Å².